The van der Waals surface area contributed by atoms with E-state index in [0.717, 1.165) is 33.9 Å². The van der Waals surface area contributed by atoms with Crippen LogP contribution in [0.25, 0.3) is 5.70 Å². The summed E-state index contributed by atoms with van der Waals surface area (Å²) in [6.07, 6.45) is 0.898. The first-order valence-corrected chi connectivity index (χ1v) is 11.8. The van der Waals surface area contributed by atoms with E-state index >= 15 is 0 Å². The van der Waals surface area contributed by atoms with Crippen molar-refractivity contribution in [2.45, 2.75) is 37.8 Å². The van der Waals surface area contributed by atoms with Gasteiger partial charge < -0.3 is 0 Å². The minimum absolute atomic E-state index is 0.191. The van der Waals surface area contributed by atoms with E-state index in [1.54, 1.807) is 12.1 Å². The van der Waals surface area contributed by atoms with Crippen molar-refractivity contribution in [3.05, 3.63) is 77.1 Å². The van der Waals surface area contributed by atoms with Crippen LogP contribution in [-0.4, -0.2) is 32.3 Å². The average Bonchev–Trinajstić information content (AvgIpc) is 2.85. The van der Waals surface area contributed by atoms with Crippen molar-refractivity contribution in [2.24, 2.45) is 5.41 Å². The Kier molecular flexibility index (Phi) is 6.18. The summed E-state index contributed by atoms with van der Waals surface area (Å²) < 4.78 is 13.4. The molecule has 0 radical (unpaired) electrons. The molecule has 0 bridgehead atoms. The molecule has 2 aromatic rings. The van der Waals surface area contributed by atoms with E-state index in [4.69, 9.17) is 0 Å². The molecule has 1 heterocycles. The van der Waals surface area contributed by atoms with Gasteiger partial charge in [-0.15, -0.1) is 0 Å². The molecule has 0 saturated carbocycles. The quantitative estimate of drug-likeness (QED) is 0.557. The fourth-order valence-electron chi connectivity index (χ4n) is 3.56. The molecule has 0 saturated heterocycles. The number of rotatable bonds is 7. The number of hydrogen-bond donors (Lipinski definition) is 0. The molecular formula is C23H26FNOSe. The van der Waals surface area contributed by atoms with Crippen molar-refractivity contribution in [3.63, 3.8) is 0 Å². The van der Waals surface area contributed by atoms with E-state index in [9.17, 15) is 9.18 Å². The van der Waals surface area contributed by atoms with Crippen LogP contribution in [0.5, 0.6) is 0 Å². The Hall–Kier alpha value is -1.90. The van der Waals surface area contributed by atoms with E-state index in [0.29, 0.717) is 21.5 Å². The van der Waals surface area contributed by atoms with Crippen LogP contribution in [0.3, 0.4) is 0 Å². The van der Waals surface area contributed by atoms with Gasteiger partial charge in [0.2, 0.25) is 0 Å². The fraction of sp³-hybridized carbons (Fsp3) is 0.348. The van der Waals surface area contributed by atoms with Crippen LogP contribution in [0.4, 0.5) is 4.39 Å². The van der Waals surface area contributed by atoms with Crippen LogP contribution < -0.4 is 0 Å². The summed E-state index contributed by atoms with van der Waals surface area (Å²) in [4.78, 5) is 15.3. The molecule has 3 rings (SSSR count). The average molecular weight is 430 g/mol. The van der Waals surface area contributed by atoms with Crippen molar-refractivity contribution >= 4 is 26.6 Å². The van der Waals surface area contributed by atoms with E-state index in [1.807, 2.05) is 11.0 Å². The Morgan fingerprint density at radius 2 is 1.74 bits per heavy atom. The van der Waals surface area contributed by atoms with Gasteiger partial charge in [-0.05, 0) is 0 Å². The number of carbonyl (C=O) groups is 1. The summed E-state index contributed by atoms with van der Waals surface area (Å²) in [7, 11) is 0. The molecular weight excluding hydrogens is 404 g/mol. The summed E-state index contributed by atoms with van der Waals surface area (Å²) in [6, 6.07) is 17.0. The molecule has 2 nitrogen and oxygen atoms in total. The second-order valence-electron chi connectivity index (χ2n) is 7.25. The van der Waals surface area contributed by atoms with Crippen molar-refractivity contribution in [1.29, 1.82) is 0 Å². The third-order valence-corrected chi connectivity index (χ3v) is 8.00. The first-order valence-electron chi connectivity index (χ1n) is 9.38. The molecule has 0 aliphatic carbocycles. The van der Waals surface area contributed by atoms with Crippen LogP contribution >= 0.6 is 0 Å². The predicted molar refractivity (Wildman–Crippen MR) is 110 cm³/mol. The van der Waals surface area contributed by atoms with E-state index in [1.165, 1.54) is 17.7 Å². The van der Waals surface area contributed by atoms with E-state index in [2.05, 4.69) is 45.0 Å². The number of hydrogen-bond acceptors (Lipinski definition) is 1. The predicted octanol–water partition coefficient (Wildman–Crippen LogP) is 5.14. The Bertz CT molecular complexity index is 831. The molecule has 0 aromatic heterocycles. The number of amides is 1. The number of nitrogens with zero attached hydrogens (tertiary/aromatic N) is 1. The van der Waals surface area contributed by atoms with Gasteiger partial charge >= 0.3 is 168 Å². The van der Waals surface area contributed by atoms with Crippen LogP contribution in [0.2, 0.25) is 5.32 Å². The standard InChI is InChI=1S/C23H26FNOSe/c1-4-14-25-21(19-10-12-20(24)13-11-19)17(2)23(3,22(25)26)16-27-15-18-8-6-5-7-9-18/h5-13H,4,14-16H2,1-3H3. The Morgan fingerprint density at radius 1 is 1.07 bits per heavy atom. The third-order valence-electron chi connectivity index (χ3n) is 5.24. The van der Waals surface area contributed by atoms with Crippen molar-refractivity contribution < 1.29 is 9.18 Å². The molecule has 1 unspecified atom stereocenters. The van der Waals surface area contributed by atoms with E-state index < -0.39 is 5.41 Å². The van der Waals surface area contributed by atoms with Gasteiger partial charge in [0.05, 0.1) is 0 Å². The number of carbonyl (C=O) groups excluding carboxylic acids is 1. The zero-order valence-corrected chi connectivity index (χ0v) is 17.9. The van der Waals surface area contributed by atoms with Crippen LogP contribution in [-0.2, 0) is 10.1 Å². The number of benzene rings is 2. The Labute approximate surface area is 167 Å². The Morgan fingerprint density at radius 3 is 2.37 bits per heavy atom. The summed E-state index contributed by atoms with van der Waals surface area (Å²) in [5.41, 5.74) is 3.88. The molecule has 1 aliphatic heterocycles. The molecule has 27 heavy (non-hydrogen) atoms. The van der Waals surface area contributed by atoms with Gasteiger partial charge in [0, 0.05) is 0 Å². The van der Waals surface area contributed by atoms with Crippen molar-refractivity contribution in [1.82, 2.24) is 4.90 Å². The van der Waals surface area contributed by atoms with Gasteiger partial charge in [0.15, 0.2) is 0 Å². The third kappa shape index (κ3) is 4.02. The fourth-order valence-corrected chi connectivity index (χ4v) is 6.24. The van der Waals surface area contributed by atoms with Crippen LogP contribution in [0.1, 0.15) is 38.3 Å². The summed E-state index contributed by atoms with van der Waals surface area (Å²) in [5, 5.41) is 1.91. The summed E-state index contributed by atoms with van der Waals surface area (Å²) in [6.45, 7) is 6.94. The van der Waals surface area contributed by atoms with Crippen LogP contribution in [0.15, 0.2) is 60.2 Å². The second-order valence-corrected chi connectivity index (χ2v) is 9.32. The van der Waals surface area contributed by atoms with Crippen LogP contribution in [0, 0.1) is 11.2 Å². The minimum atomic E-state index is -0.465. The molecule has 2 aromatic carbocycles. The molecule has 1 amide bonds. The molecule has 1 atom stereocenters. The van der Waals surface area contributed by atoms with Gasteiger partial charge in [-0.2, -0.15) is 0 Å². The second kappa shape index (κ2) is 8.41. The monoisotopic (exact) mass is 431 g/mol. The van der Waals surface area contributed by atoms with Gasteiger partial charge in [0.25, 0.3) is 0 Å². The van der Waals surface area contributed by atoms with Gasteiger partial charge in [-0.3, -0.25) is 0 Å². The molecule has 0 spiro atoms. The van der Waals surface area contributed by atoms with Gasteiger partial charge in [0.1, 0.15) is 0 Å². The maximum absolute atomic E-state index is 13.4. The van der Waals surface area contributed by atoms with E-state index in [-0.39, 0.29) is 11.7 Å². The van der Waals surface area contributed by atoms with Gasteiger partial charge in [-0.25, -0.2) is 0 Å². The first-order chi connectivity index (χ1) is 13.0. The Balaban J connectivity index is 1.86. The van der Waals surface area contributed by atoms with Crippen molar-refractivity contribution in [3.8, 4) is 0 Å². The zero-order chi connectivity index (χ0) is 19.4. The zero-order valence-electron chi connectivity index (χ0n) is 16.2. The molecule has 4 heteroatoms. The first kappa shape index (κ1) is 19.8. The molecule has 1 aliphatic rings. The molecule has 0 fully saturated rings. The summed E-state index contributed by atoms with van der Waals surface area (Å²) in [5.74, 6) is -0.0616. The topological polar surface area (TPSA) is 20.3 Å². The summed E-state index contributed by atoms with van der Waals surface area (Å²) >= 11 is 0.336. The number of halogens is 1. The molecule has 142 valence electrons. The normalized spacial score (nSPS) is 19.9. The maximum atomic E-state index is 13.4. The molecule has 0 N–H and O–H groups in total. The van der Waals surface area contributed by atoms with Crippen molar-refractivity contribution in [2.75, 3.05) is 6.54 Å². The SMILES string of the molecule is CCCN1C(=O)C(C)(C[Se]Cc2ccccc2)C(C)=C1c1ccc(F)cc1. The van der Waals surface area contributed by atoms with Gasteiger partial charge in [-0.1, -0.05) is 0 Å².